The minimum atomic E-state index is -0.862. The van der Waals surface area contributed by atoms with Crippen molar-refractivity contribution in [3.05, 3.63) is 105 Å². The van der Waals surface area contributed by atoms with Gasteiger partial charge in [0.2, 0.25) is 0 Å². The fraction of sp³-hybridized carbons (Fsp3) is 0.250. The van der Waals surface area contributed by atoms with E-state index in [0.717, 1.165) is 16.1 Å². The molecule has 0 aromatic heterocycles. The van der Waals surface area contributed by atoms with Crippen LogP contribution in [0.1, 0.15) is 35.4 Å². The zero-order valence-corrected chi connectivity index (χ0v) is 24.6. The molecule has 4 N–H and O–H groups in total. The average Bonchev–Trinajstić information content (AvgIpc) is 2.82. The fourth-order valence-corrected chi connectivity index (χ4v) is 5.25. The molecule has 0 amide bonds. The van der Waals surface area contributed by atoms with E-state index in [4.69, 9.17) is 5.73 Å². The van der Waals surface area contributed by atoms with Crippen molar-refractivity contribution in [3.63, 3.8) is 0 Å². The summed E-state index contributed by atoms with van der Waals surface area (Å²) in [5, 5.41) is 13.2. The molecule has 0 spiro atoms. The molecule has 3 unspecified atom stereocenters. The van der Waals surface area contributed by atoms with Crippen LogP contribution in [0.4, 0.5) is 8.78 Å². The summed E-state index contributed by atoms with van der Waals surface area (Å²) in [6.07, 6.45) is 5.15. The molecule has 4 rings (SSSR count). The Bertz CT molecular complexity index is 1240. The largest absolute Gasteiger partial charge is 1.00 e. The van der Waals surface area contributed by atoms with Gasteiger partial charge in [0, 0.05) is 23.6 Å². The molecule has 0 aliphatic carbocycles. The summed E-state index contributed by atoms with van der Waals surface area (Å²) in [5.74, 6) is -1.64. The third kappa shape index (κ3) is 7.20. The second kappa shape index (κ2) is 13.0. The minimum absolute atomic E-state index is 0. The first-order valence-corrected chi connectivity index (χ1v) is 12.1. The normalized spacial score (nSPS) is 20.9. The third-order valence-electron chi connectivity index (χ3n) is 6.46. The number of halogens is 3. The van der Waals surface area contributed by atoms with Gasteiger partial charge in [0.15, 0.2) is 0 Å². The number of phenolic OH excluding ortho intramolecular Hbond substituents is 1. The van der Waals surface area contributed by atoms with Crippen molar-refractivity contribution in [2.24, 2.45) is 5.73 Å². The molecule has 182 valence electrons. The summed E-state index contributed by atoms with van der Waals surface area (Å²) in [7, 11) is 0. The maximum atomic E-state index is 14.3. The number of nitrogens with two attached hydrogens (primary N) is 1. The molecule has 1 fully saturated rings. The molecule has 36 heavy (non-hydrogen) atoms. The van der Waals surface area contributed by atoms with Crippen LogP contribution in [0, 0.1) is 17.7 Å². The van der Waals surface area contributed by atoms with Gasteiger partial charge in [-0.05, 0) is 61.4 Å². The first-order valence-electron chi connectivity index (χ1n) is 11.3. The maximum Gasteiger partial charge on any atom is 1.00 e. The van der Waals surface area contributed by atoms with Crippen LogP contribution in [0.15, 0.2) is 70.7 Å². The smallest absolute Gasteiger partial charge is 0.508 e. The zero-order valence-electron chi connectivity index (χ0n) is 19.9. The van der Waals surface area contributed by atoms with Gasteiger partial charge >= 0.3 is 51.4 Å². The number of carbonyl (C=O) groups excluding carboxylic acids is 1. The van der Waals surface area contributed by atoms with E-state index in [9.17, 15) is 18.7 Å². The van der Waals surface area contributed by atoms with Crippen molar-refractivity contribution in [3.8, 4) is 5.75 Å². The first kappa shape index (κ1) is 29.3. The number of benzene rings is 3. The maximum absolute atomic E-state index is 14.3. The van der Waals surface area contributed by atoms with Crippen molar-refractivity contribution in [2.75, 3.05) is 6.54 Å². The molecule has 3 aromatic rings. The molecule has 3 atom stereocenters. The van der Waals surface area contributed by atoms with Crippen molar-refractivity contribution in [1.29, 1.82) is 0 Å². The second-order valence-electron chi connectivity index (χ2n) is 8.97. The van der Waals surface area contributed by atoms with E-state index in [2.05, 4.69) is 33.6 Å². The molecule has 1 aliphatic heterocycles. The molecule has 1 aliphatic rings. The Morgan fingerprint density at radius 3 is 2.67 bits per heavy atom. The van der Waals surface area contributed by atoms with Crippen LogP contribution in [0.3, 0.4) is 0 Å². The van der Waals surface area contributed by atoms with Gasteiger partial charge in [-0.15, -0.1) is 35.9 Å². The second-order valence-corrected chi connectivity index (χ2v) is 9.88. The van der Waals surface area contributed by atoms with Gasteiger partial charge in [0.05, 0.1) is 0 Å². The summed E-state index contributed by atoms with van der Waals surface area (Å²) >= 11 is 3.44. The summed E-state index contributed by atoms with van der Waals surface area (Å²) in [5.41, 5.74) is 8.41. The Balaban J connectivity index is 0.00000361. The number of aromatic hydroxyl groups is 1. The minimum Gasteiger partial charge on any atom is -0.508 e. The Labute approximate surface area is 260 Å². The van der Waals surface area contributed by atoms with Gasteiger partial charge < -0.3 is 21.0 Å². The van der Waals surface area contributed by atoms with Crippen LogP contribution < -0.4 is 62.4 Å². The Hall–Kier alpha value is -1.23. The van der Waals surface area contributed by atoms with E-state index in [1.54, 1.807) is 36.4 Å². The zero-order chi connectivity index (χ0) is 25.0. The van der Waals surface area contributed by atoms with Crippen LogP contribution >= 0.6 is 15.9 Å². The van der Waals surface area contributed by atoms with E-state index < -0.39 is 23.1 Å². The van der Waals surface area contributed by atoms with Gasteiger partial charge in [0.25, 0.3) is 0 Å². The van der Waals surface area contributed by atoms with E-state index in [1.807, 2.05) is 12.1 Å². The summed E-state index contributed by atoms with van der Waals surface area (Å²) in [4.78, 5) is 12.3. The van der Waals surface area contributed by atoms with Gasteiger partial charge in [-0.25, -0.2) is 8.78 Å². The van der Waals surface area contributed by atoms with Crippen LogP contribution in [-0.4, -0.2) is 29.5 Å². The molecule has 3 aromatic carbocycles. The molecule has 0 radical (unpaired) electrons. The van der Waals surface area contributed by atoms with Gasteiger partial charge in [-0.2, -0.15) is 5.56 Å². The molecule has 1 heterocycles. The average molecular weight is 579 g/mol. The Kier molecular flexibility index (Phi) is 10.6. The number of hydrogen-bond donors (Lipinski definition) is 3. The number of hydrogen-bond acceptors (Lipinski definition) is 4. The van der Waals surface area contributed by atoms with Gasteiger partial charge in [-0.1, -0.05) is 38.6 Å². The Morgan fingerprint density at radius 1 is 1.25 bits per heavy atom. The molecular weight excluding hydrogens is 553 g/mol. The van der Waals surface area contributed by atoms with Crippen LogP contribution in [0.25, 0.3) is 6.08 Å². The van der Waals surface area contributed by atoms with Crippen molar-refractivity contribution in [1.82, 2.24) is 5.32 Å². The van der Waals surface area contributed by atoms with Crippen molar-refractivity contribution < 1.29 is 70.1 Å². The standard InChI is InChI=1S/C28H25BrF2N2O2.K/c29-22-3-1-2-18(13-22)12-21(17-34)27(19-5-8-25(35)9-6-19)28(32)10-11-33-24(16-28)14-20-4-7-23(30)15-26(20)31;/h1,3-9,12-13,15,24,27,33,35H,10-11,14,16,32H2;/q-2;+1/b21-12+;. The third-order valence-corrected chi connectivity index (χ3v) is 6.95. The van der Waals surface area contributed by atoms with Crippen molar-refractivity contribution >= 4 is 28.3 Å². The van der Waals surface area contributed by atoms with Crippen LogP contribution in [0.2, 0.25) is 0 Å². The number of phenols is 1. The first-order chi connectivity index (χ1) is 16.8. The van der Waals surface area contributed by atoms with Gasteiger partial charge in [-0.3, -0.25) is 0 Å². The topological polar surface area (TPSA) is 75.4 Å². The SMILES string of the molecule is NC1(C(/C([C-]=O)=C/c2[c-]ccc(Br)c2)c2ccc(O)cc2)CCNC(Cc2ccc(F)cc2F)C1.[K+]. The number of rotatable bonds is 7. The molecule has 4 nitrogen and oxygen atoms in total. The summed E-state index contributed by atoms with van der Waals surface area (Å²) in [6.45, 7) is 0.563. The van der Waals surface area contributed by atoms with Crippen LogP contribution in [-0.2, 0) is 11.2 Å². The molecule has 0 saturated carbocycles. The summed E-state index contributed by atoms with van der Waals surface area (Å²) < 4.78 is 28.5. The predicted molar refractivity (Wildman–Crippen MR) is 136 cm³/mol. The monoisotopic (exact) mass is 577 g/mol. The van der Waals surface area contributed by atoms with E-state index in [0.29, 0.717) is 42.5 Å². The Morgan fingerprint density at radius 2 is 2.00 bits per heavy atom. The van der Waals surface area contributed by atoms with Crippen molar-refractivity contribution in [2.45, 2.75) is 36.8 Å². The molecule has 0 bridgehead atoms. The van der Waals surface area contributed by atoms with E-state index in [1.165, 1.54) is 12.1 Å². The molecular formula is C28H25BrF2KN2O2-. The molecule has 1 saturated heterocycles. The predicted octanol–water partition coefficient (Wildman–Crippen LogP) is 2.21. The van der Waals surface area contributed by atoms with E-state index >= 15 is 0 Å². The van der Waals surface area contributed by atoms with E-state index in [-0.39, 0.29) is 63.2 Å². The molecule has 8 heteroatoms. The fourth-order valence-electron chi connectivity index (χ4n) is 4.87. The van der Waals surface area contributed by atoms with Crippen LogP contribution in [0.5, 0.6) is 5.75 Å². The number of piperidine rings is 1. The van der Waals surface area contributed by atoms with Gasteiger partial charge in [0.1, 0.15) is 17.4 Å². The number of nitrogens with one attached hydrogen (secondary N) is 1. The summed E-state index contributed by atoms with van der Waals surface area (Å²) in [6, 6.07) is 18.6. The quantitative estimate of drug-likeness (QED) is 0.229.